The van der Waals surface area contributed by atoms with Gasteiger partial charge in [-0.25, -0.2) is 4.68 Å². The van der Waals surface area contributed by atoms with Crippen LogP contribution in [0.1, 0.15) is 12.5 Å². The molecule has 0 unspecified atom stereocenters. The Hall–Kier alpha value is -4.08. The van der Waals surface area contributed by atoms with Crippen LogP contribution in [0.5, 0.6) is 17.2 Å². The van der Waals surface area contributed by atoms with Crippen molar-refractivity contribution in [3.05, 3.63) is 42.5 Å². The molecule has 31 heavy (non-hydrogen) atoms. The minimum absolute atomic E-state index is 0.120. The summed E-state index contributed by atoms with van der Waals surface area (Å²) in [5.41, 5.74) is 1.21. The van der Waals surface area contributed by atoms with Crippen LogP contribution in [0.3, 0.4) is 0 Å². The van der Waals surface area contributed by atoms with E-state index in [1.54, 1.807) is 37.4 Å². The second-order valence-corrected chi connectivity index (χ2v) is 6.76. The summed E-state index contributed by atoms with van der Waals surface area (Å²) in [5.74, 6) is 1.78. The van der Waals surface area contributed by atoms with Gasteiger partial charge in [-0.05, 0) is 36.4 Å². The number of ether oxygens (including phenoxy) is 3. The van der Waals surface area contributed by atoms with Gasteiger partial charge in [0.05, 0.1) is 33.4 Å². The summed E-state index contributed by atoms with van der Waals surface area (Å²) >= 11 is 0. The molecular weight excluding hydrogens is 402 g/mol. The first-order valence-corrected chi connectivity index (χ1v) is 9.46. The standard InChI is InChI=1S/C21H21N5O5/c1-29-13-6-4-12(5-7-13)19-23-21-24-20(28)16(26(21)25-19)11-18(27)22-15-10-14(30-2)8-9-17(15)31-3/h4-10,16H,11H2,1-3H3,(H,22,27)(H,23,24,25,28)/t16-/m1/s1. The second kappa shape index (κ2) is 8.34. The molecule has 2 N–H and O–H groups in total. The van der Waals surface area contributed by atoms with Crippen LogP contribution in [0, 0.1) is 0 Å². The molecule has 0 bridgehead atoms. The maximum absolute atomic E-state index is 12.7. The van der Waals surface area contributed by atoms with E-state index in [0.29, 0.717) is 34.7 Å². The predicted molar refractivity (Wildman–Crippen MR) is 112 cm³/mol. The first-order valence-electron chi connectivity index (χ1n) is 9.46. The van der Waals surface area contributed by atoms with Crippen molar-refractivity contribution >= 4 is 23.5 Å². The van der Waals surface area contributed by atoms with Crippen molar-refractivity contribution in [2.45, 2.75) is 12.5 Å². The Morgan fingerprint density at radius 1 is 1.06 bits per heavy atom. The zero-order valence-corrected chi connectivity index (χ0v) is 17.2. The lowest BCUT2D eigenvalue weighted by Crippen LogP contribution is -2.24. The molecular formula is C21H21N5O5. The molecule has 0 aliphatic carbocycles. The van der Waals surface area contributed by atoms with E-state index in [9.17, 15) is 9.59 Å². The molecule has 0 spiro atoms. The fourth-order valence-electron chi connectivity index (χ4n) is 3.26. The summed E-state index contributed by atoms with van der Waals surface area (Å²) in [4.78, 5) is 29.4. The third kappa shape index (κ3) is 4.00. The Balaban J connectivity index is 1.52. The van der Waals surface area contributed by atoms with Gasteiger partial charge in [0.25, 0.3) is 5.91 Å². The smallest absolute Gasteiger partial charge is 0.252 e. The molecule has 4 rings (SSSR count). The van der Waals surface area contributed by atoms with Gasteiger partial charge in [-0.3, -0.25) is 14.9 Å². The van der Waals surface area contributed by atoms with Crippen LogP contribution < -0.4 is 24.8 Å². The number of carbonyl (C=O) groups excluding carboxylic acids is 2. The molecule has 160 valence electrons. The number of carbonyl (C=O) groups is 2. The highest BCUT2D eigenvalue weighted by Gasteiger charge is 2.35. The number of hydrogen-bond acceptors (Lipinski definition) is 7. The highest BCUT2D eigenvalue weighted by Crippen LogP contribution is 2.31. The fourth-order valence-corrected chi connectivity index (χ4v) is 3.26. The van der Waals surface area contributed by atoms with Crippen molar-refractivity contribution in [2.24, 2.45) is 0 Å². The second-order valence-electron chi connectivity index (χ2n) is 6.76. The van der Waals surface area contributed by atoms with Crippen molar-refractivity contribution in [3.8, 4) is 28.6 Å². The molecule has 0 saturated carbocycles. The lowest BCUT2D eigenvalue weighted by molar-refractivity contribution is -0.123. The number of aromatic nitrogens is 3. The molecule has 2 heterocycles. The molecule has 2 amide bonds. The van der Waals surface area contributed by atoms with Crippen molar-refractivity contribution in [2.75, 3.05) is 32.0 Å². The third-order valence-corrected chi connectivity index (χ3v) is 4.87. The van der Waals surface area contributed by atoms with Crippen LogP contribution in [0.15, 0.2) is 42.5 Å². The van der Waals surface area contributed by atoms with Crippen molar-refractivity contribution < 1.29 is 23.8 Å². The molecule has 1 aromatic heterocycles. The maximum Gasteiger partial charge on any atom is 0.252 e. The molecule has 3 aromatic rings. The molecule has 1 aliphatic heterocycles. The molecule has 1 atom stereocenters. The average molecular weight is 423 g/mol. The summed E-state index contributed by atoms with van der Waals surface area (Å²) in [5, 5.41) is 9.86. The number of fused-ring (bicyclic) bond motifs is 1. The summed E-state index contributed by atoms with van der Waals surface area (Å²) in [6, 6.07) is 11.5. The number of amides is 2. The Kier molecular flexibility index (Phi) is 5.44. The van der Waals surface area contributed by atoms with E-state index < -0.39 is 6.04 Å². The summed E-state index contributed by atoms with van der Waals surface area (Å²) in [6.07, 6.45) is -0.120. The lowest BCUT2D eigenvalue weighted by atomic mass is 10.2. The van der Waals surface area contributed by atoms with Crippen molar-refractivity contribution in [1.29, 1.82) is 0 Å². The van der Waals surface area contributed by atoms with Gasteiger partial charge in [-0.2, -0.15) is 4.98 Å². The SMILES string of the molecule is COc1ccc(-c2nc3n(n2)[C@H](CC(=O)Nc2cc(OC)ccc2OC)C(=O)N3)cc1. The van der Waals surface area contributed by atoms with Crippen LogP contribution in [0.4, 0.5) is 11.6 Å². The quantitative estimate of drug-likeness (QED) is 0.600. The van der Waals surface area contributed by atoms with Crippen molar-refractivity contribution in [3.63, 3.8) is 0 Å². The normalized spacial score (nSPS) is 14.5. The van der Waals surface area contributed by atoms with Gasteiger partial charge in [0.2, 0.25) is 11.9 Å². The number of hydrogen-bond donors (Lipinski definition) is 2. The number of nitrogens with one attached hydrogen (secondary N) is 2. The molecule has 0 radical (unpaired) electrons. The fraction of sp³-hybridized carbons (Fsp3) is 0.238. The minimum Gasteiger partial charge on any atom is -0.497 e. The first kappa shape index (κ1) is 20.2. The highest BCUT2D eigenvalue weighted by molar-refractivity contribution is 6.01. The van der Waals surface area contributed by atoms with Crippen LogP contribution >= 0.6 is 0 Å². The van der Waals surface area contributed by atoms with Gasteiger partial charge in [0, 0.05) is 11.6 Å². The minimum atomic E-state index is -0.814. The zero-order valence-electron chi connectivity index (χ0n) is 17.2. The van der Waals surface area contributed by atoms with E-state index in [-0.39, 0.29) is 18.2 Å². The van der Waals surface area contributed by atoms with Gasteiger partial charge in [0.1, 0.15) is 23.3 Å². The number of benzene rings is 2. The van der Waals surface area contributed by atoms with Crippen molar-refractivity contribution in [1.82, 2.24) is 14.8 Å². The van der Waals surface area contributed by atoms with Gasteiger partial charge in [0.15, 0.2) is 5.82 Å². The topological polar surface area (TPSA) is 117 Å². The largest absolute Gasteiger partial charge is 0.497 e. The van der Waals surface area contributed by atoms with E-state index in [2.05, 4.69) is 20.7 Å². The van der Waals surface area contributed by atoms with E-state index >= 15 is 0 Å². The molecule has 1 aliphatic rings. The van der Waals surface area contributed by atoms with E-state index in [1.807, 2.05) is 12.1 Å². The number of rotatable bonds is 7. The predicted octanol–water partition coefficient (Wildman–Crippen LogP) is 2.49. The van der Waals surface area contributed by atoms with Gasteiger partial charge >= 0.3 is 0 Å². The molecule has 10 nitrogen and oxygen atoms in total. The Morgan fingerprint density at radius 2 is 1.77 bits per heavy atom. The lowest BCUT2D eigenvalue weighted by Gasteiger charge is -2.13. The molecule has 10 heteroatoms. The summed E-state index contributed by atoms with van der Waals surface area (Å²) < 4.78 is 17.1. The van der Waals surface area contributed by atoms with Crippen LogP contribution in [-0.4, -0.2) is 47.9 Å². The number of nitrogens with zero attached hydrogens (tertiary/aromatic N) is 3. The molecule has 2 aromatic carbocycles. The van der Waals surface area contributed by atoms with Gasteiger partial charge in [-0.15, -0.1) is 5.10 Å². The first-order chi connectivity index (χ1) is 15.0. The van der Waals surface area contributed by atoms with E-state index in [1.165, 1.54) is 18.9 Å². The van der Waals surface area contributed by atoms with Crippen LogP contribution in [0.25, 0.3) is 11.4 Å². The van der Waals surface area contributed by atoms with E-state index in [0.717, 1.165) is 5.56 Å². The summed E-state index contributed by atoms with van der Waals surface area (Å²) in [6.45, 7) is 0. The molecule has 0 fully saturated rings. The third-order valence-electron chi connectivity index (χ3n) is 4.87. The Morgan fingerprint density at radius 3 is 2.45 bits per heavy atom. The summed E-state index contributed by atoms with van der Waals surface area (Å²) in [7, 11) is 4.62. The monoisotopic (exact) mass is 423 g/mol. The highest BCUT2D eigenvalue weighted by atomic mass is 16.5. The van der Waals surface area contributed by atoms with Crippen LogP contribution in [0.2, 0.25) is 0 Å². The van der Waals surface area contributed by atoms with Crippen LogP contribution in [-0.2, 0) is 9.59 Å². The average Bonchev–Trinajstić information content (AvgIpc) is 3.32. The molecule has 0 saturated heterocycles. The number of methoxy groups -OCH3 is 3. The maximum atomic E-state index is 12.7. The Bertz CT molecular complexity index is 1130. The number of anilines is 2. The zero-order chi connectivity index (χ0) is 22.0. The Labute approximate surface area is 178 Å². The van der Waals surface area contributed by atoms with E-state index in [4.69, 9.17) is 14.2 Å². The van der Waals surface area contributed by atoms with Gasteiger partial charge < -0.3 is 19.5 Å². The van der Waals surface area contributed by atoms with Gasteiger partial charge in [-0.1, -0.05) is 0 Å².